The number of carboxylic acid groups (broad SMARTS) is 1. The number of aromatic nitrogens is 1. The van der Waals surface area contributed by atoms with E-state index in [9.17, 15) is 9.18 Å². The van der Waals surface area contributed by atoms with Crippen molar-refractivity contribution < 1.29 is 18.7 Å². The van der Waals surface area contributed by atoms with Gasteiger partial charge in [0, 0.05) is 11.5 Å². The molecule has 1 atom stereocenters. The maximum absolute atomic E-state index is 13.2. The highest BCUT2D eigenvalue weighted by molar-refractivity contribution is 5.88. The van der Waals surface area contributed by atoms with Crippen LogP contribution in [0.1, 0.15) is 28.5 Å². The van der Waals surface area contributed by atoms with Gasteiger partial charge in [0.05, 0.1) is 11.8 Å². The first-order valence-electron chi connectivity index (χ1n) is 6.47. The van der Waals surface area contributed by atoms with Crippen LogP contribution in [0.3, 0.4) is 0 Å². The summed E-state index contributed by atoms with van der Waals surface area (Å²) < 4.78 is 18.9. The van der Waals surface area contributed by atoms with Gasteiger partial charge in [-0.05, 0) is 36.8 Å². The topological polar surface area (TPSA) is 63.3 Å². The monoisotopic (exact) mass is 285 g/mol. The summed E-state index contributed by atoms with van der Waals surface area (Å²) in [5.74, 6) is -0.594. The number of oxazole rings is 1. The van der Waals surface area contributed by atoms with Crippen LogP contribution in [-0.4, -0.2) is 16.1 Å². The summed E-state index contributed by atoms with van der Waals surface area (Å²) >= 11 is 0. The standard InChI is InChI=1S/C16H12FNO3/c17-13-6-2-3-10(8-13)14-9-18-15(21-14)11-4-1-5-12(7-11)16(19)20/h1-2,4-10H,3H2,(H,19,20). The van der Waals surface area contributed by atoms with E-state index in [1.165, 1.54) is 24.3 Å². The molecule has 0 saturated heterocycles. The molecule has 1 heterocycles. The zero-order valence-corrected chi connectivity index (χ0v) is 11.0. The minimum absolute atomic E-state index is 0.166. The molecule has 0 amide bonds. The number of rotatable bonds is 3. The Morgan fingerprint density at radius 1 is 1.43 bits per heavy atom. The van der Waals surface area contributed by atoms with Crippen molar-refractivity contribution in [1.29, 1.82) is 0 Å². The number of hydrogen-bond acceptors (Lipinski definition) is 3. The highest BCUT2D eigenvalue weighted by Gasteiger charge is 2.17. The van der Waals surface area contributed by atoms with Crippen LogP contribution < -0.4 is 0 Å². The van der Waals surface area contributed by atoms with Crippen LogP contribution in [0.15, 0.2) is 58.9 Å². The van der Waals surface area contributed by atoms with E-state index in [2.05, 4.69) is 4.98 Å². The van der Waals surface area contributed by atoms with Gasteiger partial charge in [0.25, 0.3) is 0 Å². The van der Waals surface area contributed by atoms with Crippen molar-refractivity contribution in [3.8, 4) is 11.5 Å². The third-order valence-corrected chi connectivity index (χ3v) is 3.27. The summed E-state index contributed by atoms with van der Waals surface area (Å²) in [6.45, 7) is 0. The van der Waals surface area contributed by atoms with E-state index in [4.69, 9.17) is 9.52 Å². The van der Waals surface area contributed by atoms with E-state index in [1.807, 2.05) is 0 Å². The van der Waals surface area contributed by atoms with Crippen LogP contribution in [0.25, 0.3) is 11.5 Å². The smallest absolute Gasteiger partial charge is 0.335 e. The van der Waals surface area contributed by atoms with Crippen LogP contribution >= 0.6 is 0 Å². The molecule has 1 aliphatic rings. The molecular weight excluding hydrogens is 273 g/mol. The first-order valence-corrected chi connectivity index (χ1v) is 6.47. The van der Waals surface area contributed by atoms with E-state index in [0.29, 0.717) is 23.6 Å². The Balaban J connectivity index is 1.90. The van der Waals surface area contributed by atoms with Gasteiger partial charge in [-0.3, -0.25) is 0 Å². The van der Waals surface area contributed by atoms with Crippen LogP contribution in [0.2, 0.25) is 0 Å². The number of nitrogens with zero attached hydrogens (tertiary/aromatic N) is 1. The minimum Gasteiger partial charge on any atom is -0.478 e. The number of carboxylic acids is 1. The molecule has 1 N–H and O–H groups in total. The second kappa shape index (κ2) is 5.36. The molecule has 0 fully saturated rings. The number of benzene rings is 1. The Labute approximate surface area is 120 Å². The summed E-state index contributed by atoms with van der Waals surface area (Å²) in [6.07, 6.45) is 6.85. The molecule has 1 aliphatic carbocycles. The summed E-state index contributed by atoms with van der Waals surface area (Å²) in [4.78, 5) is 15.1. The Bertz CT molecular complexity index is 745. The molecule has 21 heavy (non-hydrogen) atoms. The lowest BCUT2D eigenvalue weighted by Crippen LogP contribution is -1.96. The van der Waals surface area contributed by atoms with E-state index in [-0.39, 0.29) is 17.3 Å². The molecule has 0 spiro atoms. The highest BCUT2D eigenvalue weighted by Crippen LogP contribution is 2.30. The molecular formula is C16H12FNO3. The molecule has 1 unspecified atom stereocenters. The average Bonchev–Trinajstić information content (AvgIpc) is 2.97. The maximum atomic E-state index is 13.2. The Morgan fingerprint density at radius 3 is 3.05 bits per heavy atom. The molecule has 0 radical (unpaired) electrons. The second-order valence-electron chi connectivity index (χ2n) is 4.75. The van der Waals surface area contributed by atoms with Crippen molar-refractivity contribution in [3.05, 3.63) is 65.8 Å². The van der Waals surface area contributed by atoms with E-state index >= 15 is 0 Å². The van der Waals surface area contributed by atoms with Gasteiger partial charge in [-0.2, -0.15) is 0 Å². The third kappa shape index (κ3) is 2.76. The molecule has 2 aromatic rings. The van der Waals surface area contributed by atoms with Crippen LogP contribution in [0, 0.1) is 0 Å². The zero-order chi connectivity index (χ0) is 14.8. The molecule has 1 aromatic carbocycles. The van der Waals surface area contributed by atoms with Crippen LogP contribution in [-0.2, 0) is 0 Å². The van der Waals surface area contributed by atoms with E-state index in [0.717, 1.165) is 0 Å². The summed E-state index contributed by atoms with van der Waals surface area (Å²) in [5, 5.41) is 8.99. The first kappa shape index (κ1) is 13.3. The number of aromatic carboxylic acids is 1. The summed E-state index contributed by atoms with van der Waals surface area (Å²) in [6, 6.07) is 6.35. The van der Waals surface area contributed by atoms with Crippen LogP contribution in [0.5, 0.6) is 0 Å². The Morgan fingerprint density at radius 2 is 2.29 bits per heavy atom. The molecule has 4 nitrogen and oxygen atoms in total. The Kier molecular flexibility index (Phi) is 3.39. The lowest BCUT2D eigenvalue weighted by atomic mass is 9.98. The summed E-state index contributed by atoms with van der Waals surface area (Å²) in [7, 11) is 0. The third-order valence-electron chi connectivity index (χ3n) is 3.27. The number of hydrogen-bond donors (Lipinski definition) is 1. The molecule has 5 heteroatoms. The van der Waals surface area contributed by atoms with Crippen molar-refractivity contribution in [1.82, 2.24) is 4.98 Å². The predicted octanol–water partition coefficient (Wildman–Crippen LogP) is 3.94. The van der Waals surface area contributed by atoms with Gasteiger partial charge in [-0.15, -0.1) is 0 Å². The quantitative estimate of drug-likeness (QED) is 0.927. The molecule has 1 aromatic heterocycles. The normalized spacial score (nSPS) is 17.6. The van der Waals surface area contributed by atoms with Gasteiger partial charge in [0.1, 0.15) is 11.6 Å². The highest BCUT2D eigenvalue weighted by atomic mass is 19.1. The second-order valence-corrected chi connectivity index (χ2v) is 4.75. The van der Waals surface area contributed by atoms with Gasteiger partial charge in [0.2, 0.25) is 5.89 Å². The van der Waals surface area contributed by atoms with E-state index < -0.39 is 5.97 Å². The van der Waals surface area contributed by atoms with Crippen molar-refractivity contribution in [2.75, 3.05) is 0 Å². The first-order chi connectivity index (χ1) is 10.1. The molecule has 106 valence electrons. The zero-order valence-electron chi connectivity index (χ0n) is 11.0. The van der Waals surface area contributed by atoms with Crippen molar-refractivity contribution in [3.63, 3.8) is 0 Å². The van der Waals surface area contributed by atoms with Gasteiger partial charge < -0.3 is 9.52 Å². The van der Waals surface area contributed by atoms with E-state index in [1.54, 1.807) is 24.4 Å². The lowest BCUT2D eigenvalue weighted by Gasteiger charge is -2.09. The molecule has 0 saturated carbocycles. The van der Waals surface area contributed by atoms with Gasteiger partial charge >= 0.3 is 5.97 Å². The molecule has 0 bridgehead atoms. The fraction of sp³-hybridized carbons (Fsp3) is 0.125. The number of allylic oxidation sites excluding steroid dienone is 4. The number of halogens is 1. The Hall–Kier alpha value is -2.69. The number of carbonyl (C=O) groups is 1. The van der Waals surface area contributed by atoms with Crippen LogP contribution in [0.4, 0.5) is 4.39 Å². The van der Waals surface area contributed by atoms with Crippen molar-refractivity contribution in [2.45, 2.75) is 12.3 Å². The largest absolute Gasteiger partial charge is 0.478 e. The molecule has 3 rings (SSSR count). The molecule has 0 aliphatic heterocycles. The van der Waals surface area contributed by atoms with Crippen molar-refractivity contribution >= 4 is 5.97 Å². The van der Waals surface area contributed by atoms with Gasteiger partial charge in [-0.25, -0.2) is 14.2 Å². The fourth-order valence-electron chi connectivity index (χ4n) is 2.22. The lowest BCUT2D eigenvalue weighted by molar-refractivity contribution is 0.0697. The van der Waals surface area contributed by atoms with Gasteiger partial charge in [0.15, 0.2) is 0 Å². The maximum Gasteiger partial charge on any atom is 0.335 e. The minimum atomic E-state index is -1.01. The van der Waals surface area contributed by atoms with Gasteiger partial charge in [-0.1, -0.05) is 12.1 Å². The van der Waals surface area contributed by atoms with Crippen molar-refractivity contribution in [2.24, 2.45) is 0 Å². The summed E-state index contributed by atoms with van der Waals surface area (Å²) in [5.41, 5.74) is 0.746. The predicted molar refractivity (Wildman–Crippen MR) is 74.6 cm³/mol. The fourth-order valence-corrected chi connectivity index (χ4v) is 2.22. The SMILES string of the molecule is O=C(O)c1cccc(-c2ncc(C3C=C(F)C=CC3)o2)c1. The average molecular weight is 285 g/mol.